The van der Waals surface area contributed by atoms with Crippen LogP contribution in [0.25, 0.3) is 0 Å². The number of ether oxygens (including phenoxy) is 3. The molecule has 0 radical (unpaired) electrons. The van der Waals surface area contributed by atoms with Gasteiger partial charge in [-0.05, 0) is 44.9 Å². The van der Waals surface area contributed by atoms with E-state index < -0.39 is 6.10 Å². The molecule has 0 aromatic heterocycles. The third-order valence-electron chi connectivity index (χ3n) is 10.5. The fourth-order valence-corrected chi connectivity index (χ4v) is 6.91. The first-order chi connectivity index (χ1) is 26.5. The summed E-state index contributed by atoms with van der Waals surface area (Å²) in [5.41, 5.74) is 0. The van der Waals surface area contributed by atoms with Gasteiger partial charge in [-0.2, -0.15) is 0 Å². The molecule has 0 aliphatic heterocycles. The van der Waals surface area contributed by atoms with Gasteiger partial charge in [0.15, 0.2) is 6.10 Å². The Bertz CT molecular complexity index is 839. The first-order valence-corrected chi connectivity index (χ1v) is 23.7. The van der Waals surface area contributed by atoms with Gasteiger partial charge in [-0.1, -0.05) is 206 Å². The smallest absolute Gasteiger partial charge is 0.306 e. The molecule has 1 unspecified atom stereocenters. The summed E-state index contributed by atoms with van der Waals surface area (Å²) in [5, 5.41) is 0. The van der Waals surface area contributed by atoms with Crippen molar-refractivity contribution in [2.45, 2.75) is 264 Å². The SMILES string of the molecule is CCCCCCCC/C=C\CCCCCC(=O)OCC(COC(=O)CCCCCCCCCCCC)OC(=O)CCCCCCCCCCCCCCC. The zero-order chi connectivity index (χ0) is 39.4. The van der Waals surface area contributed by atoms with E-state index in [1.165, 1.54) is 148 Å². The van der Waals surface area contributed by atoms with Gasteiger partial charge in [0, 0.05) is 19.3 Å². The monoisotopic (exact) mass is 763 g/mol. The molecule has 54 heavy (non-hydrogen) atoms. The summed E-state index contributed by atoms with van der Waals surface area (Å²) >= 11 is 0. The van der Waals surface area contributed by atoms with E-state index in [2.05, 4.69) is 32.9 Å². The summed E-state index contributed by atoms with van der Waals surface area (Å²) in [5.74, 6) is -0.878. The molecule has 0 bridgehead atoms. The maximum absolute atomic E-state index is 12.7. The van der Waals surface area contributed by atoms with E-state index in [0.29, 0.717) is 19.3 Å². The molecule has 0 aliphatic carbocycles. The Morgan fingerprint density at radius 1 is 0.352 bits per heavy atom. The number of carbonyl (C=O) groups is 3. The first-order valence-electron chi connectivity index (χ1n) is 23.7. The Balaban J connectivity index is 4.35. The third-order valence-corrected chi connectivity index (χ3v) is 10.5. The summed E-state index contributed by atoms with van der Waals surface area (Å²) in [6.45, 7) is 6.62. The zero-order valence-corrected chi connectivity index (χ0v) is 36.3. The van der Waals surface area contributed by atoms with Crippen molar-refractivity contribution in [3.63, 3.8) is 0 Å². The normalized spacial score (nSPS) is 12.0. The number of unbranched alkanes of at least 4 members (excludes halogenated alkanes) is 30. The molecule has 0 amide bonds. The van der Waals surface area contributed by atoms with E-state index in [-0.39, 0.29) is 31.1 Å². The maximum Gasteiger partial charge on any atom is 0.306 e. The maximum atomic E-state index is 12.7. The molecule has 0 fully saturated rings. The minimum absolute atomic E-state index is 0.0701. The van der Waals surface area contributed by atoms with Crippen LogP contribution in [0.1, 0.15) is 258 Å². The van der Waals surface area contributed by atoms with Crippen molar-refractivity contribution in [1.82, 2.24) is 0 Å². The van der Waals surface area contributed by atoms with Crippen molar-refractivity contribution in [2.24, 2.45) is 0 Å². The Morgan fingerprint density at radius 2 is 0.611 bits per heavy atom. The van der Waals surface area contributed by atoms with Crippen LogP contribution in [0.5, 0.6) is 0 Å². The van der Waals surface area contributed by atoms with Crippen molar-refractivity contribution < 1.29 is 28.6 Å². The largest absolute Gasteiger partial charge is 0.462 e. The van der Waals surface area contributed by atoms with E-state index >= 15 is 0 Å². The summed E-state index contributed by atoms with van der Waals surface area (Å²) < 4.78 is 16.7. The number of hydrogen-bond acceptors (Lipinski definition) is 6. The second kappa shape index (κ2) is 43.9. The van der Waals surface area contributed by atoms with Gasteiger partial charge in [0.25, 0.3) is 0 Å². The van der Waals surface area contributed by atoms with Gasteiger partial charge >= 0.3 is 17.9 Å². The van der Waals surface area contributed by atoms with Crippen LogP contribution in [0.3, 0.4) is 0 Å². The standard InChI is InChI=1S/C48H90O6/c1-4-7-10-13-16-19-22-24-26-29-32-35-38-41-47(50)53-44-45(43-52-46(49)40-37-34-31-28-21-18-15-12-9-6-3)54-48(51)42-39-36-33-30-27-25-23-20-17-14-11-8-5-2/h24,26,45H,4-23,25,27-44H2,1-3H3/b26-24-. The van der Waals surface area contributed by atoms with E-state index in [4.69, 9.17) is 14.2 Å². The van der Waals surface area contributed by atoms with E-state index in [0.717, 1.165) is 70.6 Å². The third kappa shape index (κ3) is 41.3. The number of hydrogen-bond donors (Lipinski definition) is 0. The van der Waals surface area contributed by atoms with Crippen LogP contribution in [0.15, 0.2) is 12.2 Å². The molecule has 0 spiro atoms. The molecule has 0 saturated carbocycles. The highest BCUT2D eigenvalue weighted by atomic mass is 16.6. The van der Waals surface area contributed by atoms with Crippen molar-refractivity contribution in [2.75, 3.05) is 13.2 Å². The molecule has 6 nitrogen and oxygen atoms in total. The van der Waals surface area contributed by atoms with Gasteiger partial charge < -0.3 is 14.2 Å². The van der Waals surface area contributed by atoms with Crippen LogP contribution in [0.4, 0.5) is 0 Å². The van der Waals surface area contributed by atoms with E-state index in [1.807, 2.05) is 0 Å². The molecule has 0 heterocycles. The quantitative estimate of drug-likeness (QED) is 0.0266. The van der Waals surface area contributed by atoms with Crippen molar-refractivity contribution in [1.29, 1.82) is 0 Å². The van der Waals surface area contributed by atoms with Gasteiger partial charge in [0.1, 0.15) is 13.2 Å². The fourth-order valence-electron chi connectivity index (χ4n) is 6.91. The molecule has 0 saturated heterocycles. The van der Waals surface area contributed by atoms with Gasteiger partial charge in [-0.3, -0.25) is 14.4 Å². The average Bonchev–Trinajstić information content (AvgIpc) is 3.17. The minimum atomic E-state index is -0.767. The van der Waals surface area contributed by atoms with Crippen LogP contribution < -0.4 is 0 Å². The number of allylic oxidation sites excluding steroid dienone is 2. The van der Waals surface area contributed by atoms with Crippen molar-refractivity contribution >= 4 is 17.9 Å². The number of carbonyl (C=O) groups excluding carboxylic acids is 3. The molecule has 6 heteroatoms. The zero-order valence-electron chi connectivity index (χ0n) is 36.3. The van der Waals surface area contributed by atoms with Gasteiger partial charge in [0.05, 0.1) is 0 Å². The van der Waals surface area contributed by atoms with Crippen molar-refractivity contribution in [3.05, 3.63) is 12.2 Å². The predicted molar refractivity (Wildman–Crippen MR) is 229 cm³/mol. The van der Waals surface area contributed by atoms with Gasteiger partial charge in [-0.25, -0.2) is 0 Å². The molecule has 1 atom stereocenters. The molecule has 0 rings (SSSR count). The average molecular weight is 763 g/mol. The number of esters is 3. The molecule has 0 aromatic rings. The van der Waals surface area contributed by atoms with Crippen LogP contribution in [0.2, 0.25) is 0 Å². The molecule has 0 N–H and O–H groups in total. The second-order valence-electron chi connectivity index (χ2n) is 16.0. The second-order valence-corrected chi connectivity index (χ2v) is 16.0. The molecule has 0 aromatic carbocycles. The lowest BCUT2D eigenvalue weighted by Crippen LogP contribution is -2.30. The van der Waals surface area contributed by atoms with Crippen LogP contribution in [0, 0.1) is 0 Å². The Hall–Kier alpha value is -1.85. The van der Waals surface area contributed by atoms with Crippen LogP contribution in [-0.2, 0) is 28.6 Å². The van der Waals surface area contributed by atoms with Crippen LogP contribution in [-0.4, -0.2) is 37.2 Å². The summed E-state index contributed by atoms with van der Waals surface area (Å²) in [6, 6.07) is 0. The fraction of sp³-hybridized carbons (Fsp3) is 0.896. The first kappa shape index (κ1) is 52.2. The lowest BCUT2D eigenvalue weighted by atomic mass is 10.0. The highest BCUT2D eigenvalue weighted by Gasteiger charge is 2.19. The molecular weight excluding hydrogens is 673 g/mol. The lowest BCUT2D eigenvalue weighted by molar-refractivity contribution is -0.167. The summed E-state index contributed by atoms with van der Waals surface area (Å²) in [7, 11) is 0. The highest BCUT2D eigenvalue weighted by molar-refractivity contribution is 5.71. The molecule has 0 aliphatic rings. The lowest BCUT2D eigenvalue weighted by Gasteiger charge is -2.18. The Kier molecular flexibility index (Phi) is 42.4. The Morgan fingerprint density at radius 3 is 0.944 bits per heavy atom. The predicted octanol–water partition coefficient (Wildman–Crippen LogP) is 15.0. The minimum Gasteiger partial charge on any atom is -0.462 e. The molecule has 318 valence electrons. The van der Waals surface area contributed by atoms with E-state index in [9.17, 15) is 14.4 Å². The van der Waals surface area contributed by atoms with Crippen molar-refractivity contribution in [3.8, 4) is 0 Å². The highest BCUT2D eigenvalue weighted by Crippen LogP contribution is 2.15. The topological polar surface area (TPSA) is 78.9 Å². The summed E-state index contributed by atoms with van der Waals surface area (Å²) in [4.78, 5) is 37.7. The van der Waals surface area contributed by atoms with Gasteiger partial charge in [0.2, 0.25) is 0 Å². The van der Waals surface area contributed by atoms with Crippen LogP contribution >= 0.6 is 0 Å². The number of rotatable bonds is 43. The Labute approximate surface area is 335 Å². The van der Waals surface area contributed by atoms with Gasteiger partial charge in [-0.15, -0.1) is 0 Å². The summed E-state index contributed by atoms with van der Waals surface area (Å²) in [6.07, 6.45) is 46.2. The molecular formula is C48H90O6. The van der Waals surface area contributed by atoms with E-state index in [1.54, 1.807) is 0 Å².